The minimum Gasteiger partial charge on any atom is -0.313 e. The highest BCUT2D eigenvalue weighted by Crippen LogP contribution is 2.28. The lowest BCUT2D eigenvalue weighted by Crippen LogP contribution is -2.06. The van der Waals surface area contributed by atoms with Gasteiger partial charge in [-0.1, -0.05) is 47.5 Å². The maximum Gasteiger partial charge on any atom is 0.306 e. The molecule has 0 aliphatic heterocycles. The van der Waals surface area contributed by atoms with E-state index in [9.17, 15) is 10.1 Å². The van der Waals surface area contributed by atoms with E-state index in [1.54, 1.807) is 22.9 Å². The van der Waals surface area contributed by atoms with Crippen molar-refractivity contribution in [3.63, 3.8) is 0 Å². The summed E-state index contributed by atoms with van der Waals surface area (Å²) in [5, 5.41) is 33.3. The summed E-state index contributed by atoms with van der Waals surface area (Å²) in [5.74, 6) is 0.591. The fourth-order valence-corrected chi connectivity index (χ4v) is 4.17. The third-order valence-corrected chi connectivity index (χ3v) is 6.19. The highest BCUT2D eigenvalue weighted by Gasteiger charge is 2.16. The van der Waals surface area contributed by atoms with Gasteiger partial charge in [-0.25, -0.2) is 0 Å². The molecule has 160 valence electrons. The SMILES string of the molecule is C[C@H](Cn1cc([N+](=O)[O-])cn1)c1nnc(Nc2ccn(Cc3c(Cl)cccc3Cl)n2)s1. The summed E-state index contributed by atoms with van der Waals surface area (Å²) in [7, 11) is 0. The summed E-state index contributed by atoms with van der Waals surface area (Å²) in [6.45, 7) is 2.85. The van der Waals surface area contributed by atoms with Gasteiger partial charge in [0.05, 0.1) is 18.0 Å². The number of nitro groups is 1. The fraction of sp³-hybridized carbons (Fsp3) is 0.222. The summed E-state index contributed by atoms with van der Waals surface area (Å²) in [6.07, 6.45) is 4.44. The number of benzene rings is 1. The van der Waals surface area contributed by atoms with Crippen LogP contribution in [0.25, 0.3) is 0 Å². The van der Waals surface area contributed by atoms with E-state index < -0.39 is 4.92 Å². The van der Waals surface area contributed by atoms with Crippen molar-refractivity contribution in [3.8, 4) is 0 Å². The standard InChI is InChI=1S/C18H16Cl2N8O2S/c1-11(8-27-9-12(7-21-27)28(29)30)17-23-24-18(31-17)22-16-5-6-26(25-16)10-13-14(19)3-2-4-15(13)20/h2-7,9,11H,8,10H2,1H3,(H,22,24,25)/t11-/m1/s1. The zero-order valence-corrected chi connectivity index (χ0v) is 18.5. The lowest BCUT2D eigenvalue weighted by molar-refractivity contribution is -0.385. The predicted octanol–water partition coefficient (Wildman–Crippen LogP) is 4.74. The van der Waals surface area contributed by atoms with Crippen LogP contribution in [0.1, 0.15) is 23.4 Å². The molecule has 4 aromatic rings. The van der Waals surface area contributed by atoms with Crippen molar-refractivity contribution in [1.82, 2.24) is 29.8 Å². The molecular formula is C18H16Cl2N8O2S. The molecule has 0 aliphatic rings. The molecule has 0 bridgehead atoms. The van der Waals surface area contributed by atoms with Crippen LogP contribution in [0.4, 0.5) is 16.6 Å². The highest BCUT2D eigenvalue weighted by molar-refractivity contribution is 7.15. The molecule has 4 rings (SSSR count). The molecule has 13 heteroatoms. The van der Waals surface area contributed by atoms with E-state index in [0.717, 1.165) is 10.6 Å². The van der Waals surface area contributed by atoms with Crippen molar-refractivity contribution in [1.29, 1.82) is 0 Å². The monoisotopic (exact) mass is 478 g/mol. The minimum absolute atomic E-state index is 0.0209. The van der Waals surface area contributed by atoms with Crippen molar-refractivity contribution in [3.05, 3.63) is 73.6 Å². The molecular weight excluding hydrogens is 463 g/mol. The van der Waals surface area contributed by atoms with Crippen LogP contribution < -0.4 is 5.32 Å². The average molecular weight is 479 g/mol. The van der Waals surface area contributed by atoms with Crippen LogP contribution in [0.15, 0.2) is 42.9 Å². The second-order valence-electron chi connectivity index (χ2n) is 6.75. The number of halogens is 2. The first-order valence-electron chi connectivity index (χ1n) is 9.12. The smallest absolute Gasteiger partial charge is 0.306 e. The molecule has 0 radical (unpaired) electrons. The van der Waals surface area contributed by atoms with E-state index >= 15 is 0 Å². The van der Waals surface area contributed by atoms with E-state index in [1.807, 2.05) is 19.2 Å². The van der Waals surface area contributed by atoms with Gasteiger partial charge in [-0.05, 0) is 12.1 Å². The second-order valence-corrected chi connectivity index (χ2v) is 8.57. The minimum atomic E-state index is -0.472. The third kappa shape index (κ3) is 5.01. The Morgan fingerprint density at radius 2 is 2.00 bits per heavy atom. The van der Waals surface area contributed by atoms with Gasteiger partial charge >= 0.3 is 5.69 Å². The van der Waals surface area contributed by atoms with Crippen LogP contribution in [0.3, 0.4) is 0 Å². The van der Waals surface area contributed by atoms with Crippen molar-refractivity contribution in [2.24, 2.45) is 0 Å². The number of nitrogens with one attached hydrogen (secondary N) is 1. The number of aromatic nitrogens is 6. The summed E-state index contributed by atoms with van der Waals surface area (Å²) in [5.41, 5.74) is 0.756. The van der Waals surface area contributed by atoms with Gasteiger partial charge < -0.3 is 5.32 Å². The van der Waals surface area contributed by atoms with Gasteiger partial charge in [-0.3, -0.25) is 19.5 Å². The highest BCUT2D eigenvalue weighted by atomic mass is 35.5. The van der Waals surface area contributed by atoms with Crippen LogP contribution in [-0.4, -0.2) is 34.7 Å². The van der Waals surface area contributed by atoms with E-state index in [-0.39, 0.29) is 11.6 Å². The van der Waals surface area contributed by atoms with Gasteiger partial charge in [0.15, 0.2) is 5.82 Å². The molecule has 31 heavy (non-hydrogen) atoms. The van der Waals surface area contributed by atoms with Crippen molar-refractivity contribution >= 4 is 51.2 Å². The topological polar surface area (TPSA) is 117 Å². The Morgan fingerprint density at radius 3 is 2.71 bits per heavy atom. The van der Waals surface area contributed by atoms with E-state index in [1.165, 1.54) is 28.4 Å². The number of nitrogens with zero attached hydrogens (tertiary/aromatic N) is 7. The maximum absolute atomic E-state index is 10.8. The zero-order valence-electron chi connectivity index (χ0n) is 16.1. The molecule has 0 unspecified atom stereocenters. The first kappa shape index (κ1) is 21.2. The van der Waals surface area contributed by atoms with Gasteiger partial charge in [-0.15, -0.1) is 10.2 Å². The van der Waals surface area contributed by atoms with Crippen molar-refractivity contribution in [2.45, 2.75) is 25.9 Å². The first-order valence-corrected chi connectivity index (χ1v) is 10.7. The molecule has 1 aromatic carbocycles. The largest absolute Gasteiger partial charge is 0.313 e. The van der Waals surface area contributed by atoms with E-state index in [4.69, 9.17) is 23.2 Å². The van der Waals surface area contributed by atoms with Crippen LogP contribution in [0.5, 0.6) is 0 Å². The van der Waals surface area contributed by atoms with Crippen LogP contribution in [0, 0.1) is 10.1 Å². The normalized spacial score (nSPS) is 12.1. The van der Waals surface area contributed by atoms with E-state index in [2.05, 4.69) is 25.7 Å². The Bertz CT molecular complexity index is 1200. The van der Waals surface area contributed by atoms with Gasteiger partial charge in [0.25, 0.3) is 0 Å². The molecule has 1 N–H and O–H groups in total. The maximum atomic E-state index is 10.8. The Kier molecular flexibility index (Phi) is 6.16. The number of anilines is 2. The van der Waals surface area contributed by atoms with Crippen LogP contribution in [-0.2, 0) is 13.1 Å². The number of rotatable bonds is 8. The Hall–Kier alpha value is -3.02. The second kappa shape index (κ2) is 9.00. The van der Waals surface area contributed by atoms with Gasteiger partial charge in [0, 0.05) is 33.8 Å². The molecule has 0 saturated carbocycles. The Morgan fingerprint density at radius 1 is 1.23 bits per heavy atom. The lowest BCUT2D eigenvalue weighted by atomic mass is 10.2. The quantitative estimate of drug-likeness (QED) is 0.287. The number of hydrogen-bond acceptors (Lipinski definition) is 8. The van der Waals surface area contributed by atoms with Crippen LogP contribution in [0.2, 0.25) is 10.0 Å². The predicted molar refractivity (Wildman–Crippen MR) is 118 cm³/mol. The fourth-order valence-electron chi connectivity index (χ4n) is 2.86. The molecule has 3 aromatic heterocycles. The summed E-state index contributed by atoms with van der Waals surface area (Å²) in [6, 6.07) is 7.19. The van der Waals surface area contributed by atoms with Crippen molar-refractivity contribution in [2.75, 3.05) is 5.32 Å². The van der Waals surface area contributed by atoms with E-state index in [0.29, 0.717) is 34.1 Å². The van der Waals surface area contributed by atoms with Gasteiger partial charge in [0.2, 0.25) is 5.13 Å². The molecule has 0 aliphatic carbocycles. The average Bonchev–Trinajstić information content (AvgIpc) is 3.46. The molecule has 0 amide bonds. The third-order valence-electron chi connectivity index (χ3n) is 4.41. The molecule has 0 spiro atoms. The lowest BCUT2D eigenvalue weighted by Gasteiger charge is -2.07. The summed E-state index contributed by atoms with van der Waals surface area (Å²) in [4.78, 5) is 10.3. The summed E-state index contributed by atoms with van der Waals surface area (Å²) >= 11 is 13.8. The molecule has 1 atom stereocenters. The molecule has 0 saturated heterocycles. The molecule has 10 nitrogen and oxygen atoms in total. The Balaban J connectivity index is 1.39. The molecule has 3 heterocycles. The van der Waals surface area contributed by atoms with Crippen molar-refractivity contribution < 1.29 is 4.92 Å². The van der Waals surface area contributed by atoms with Gasteiger partial charge in [-0.2, -0.15) is 10.2 Å². The summed E-state index contributed by atoms with van der Waals surface area (Å²) < 4.78 is 3.25. The molecule has 0 fully saturated rings. The number of hydrogen-bond donors (Lipinski definition) is 1. The van der Waals surface area contributed by atoms with Gasteiger partial charge in [0.1, 0.15) is 17.4 Å². The first-order chi connectivity index (χ1) is 14.9. The Labute approximate surface area is 190 Å². The zero-order chi connectivity index (χ0) is 22.0. The van der Waals surface area contributed by atoms with Crippen LogP contribution >= 0.6 is 34.5 Å².